The van der Waals surface area contributed by atoms with Gasteiger partial charge >= 0.3 is 17.2 Å². The van der Waals surface area contributed by atoms with Gasteiger partial charge in [0.2, 0.25) is 0 Å². The molecule has 8 heteroatoms. The Hall–Kier alpha value is -1.28. The van der Waals surface area contributed by atoms with E-state index < -0.39 is 33.5 Å². The Morgan fingerprint density at radius 1 is 1.25 bits per heavy atom. The normalized spacial score (nSPS) is 32.9. The first kappa shape index (κ1) is 12.8. The summed E-state index contributed by atoms with van der Waals surface area (Å²) in [7, 11) is -2.36. The molecule has 0 radical (unpaired) electrons. The molecule has 4 N–H and O–H groups in total. The monoisotopic (exact) mass is 251 g/mol. The molecule has 1 saturated heterocycles. The van der Waals surface area contributed by atoms with Crippen LogP contribution in [0.25, 0.3) is 0 Å². The van der Waals surface area contributed by atoms with Gasteiger partial charge in [-0.1, -0.05) is 10.2 Å². The second kappa shape index (κ2) is 4.71. The van der Waals surface area contributed by atoms with Crippen LogP contribution in [0.2, 0.25) is 0 Å². The lowest BCUT2D eigenvalue weighted by atomic mass is 10.2. The van der Waals surface area contributed by atoms with Crippen LogP contribution in [-0.2, 0) is 9.59 Å². The Bertz CT molecular complexity index is 332. The van der Waals surface area contributed by atoms with Gasteiger partial charge in [-0.15, -0.1) is 0 Å². The number of carboxylic acids is 2. The van der Waals surface area contributed by atoms with Gasteiger partial charge < -0.3 is 15.3 Å². The summed E-state index contributed by atoms with van der Waals surface area (Å²) in [5.41, 5.74) is 0. The van der Waals surface area contributed by atoms with Gasteiger partial charge in [0, 0.05) is 11.5 Å². The standard InChI is InChI=1S/C8H13NO6S/c10-6(11)2-4-16(8(14)15)3-1-5(9-16)7(12)13/h5,9H,1-4H2,(H,10,11)(H,12,13)(H,14,15). The van der Waals surface area contributed by atoms with E-state index in [-0.39, 0.29) is 24.3 Å². The Kier molecular flexibility index (Phi) is 3.76. The van der Waals surface area contributed by atoms with Crippen LogP contribution in [0.5, 0.6) is 0 Å². The van der Waals surface area contributed by atoms with E-state index in [2.05, 4.69) is 4.72 Å². The maximum absolute atomic E-state index is 11.1. The van der Waals surface area contributed by atoms with Crippen LogP contribution in [0.4, 0.5) is 4.79 Å². The molecule has 16 heavy (non-hydrogen) atoms. The molecular weight excluding hydrogens is 238 g/mol. The van der Waals surface area contributed by atoms with Crippen molar-refractivity contribution in [1.29, 1.82) is 0 Å². The predicted molar refractivity (Wildman–Crippen MR) is 56.8 cm³/mol. The van der Waals surface area contributed by atoms with Gasteiger partial charge in [-0.3, -0.25) is 14.3 Å². The second-order valence-corrected chi connectivity index (χ2v) is 6.67. The second-order valence-electron chi connectivity index (χ2n) is 3.50. The molecule has 1 heterocycles. The highest BCUT2D eigenvalue weighted by atomic mass is 32.3. The summed E-state index contributed by atoms with van der Waals surface area (Å²) in [6.07, 6.45) is -0.0302. The molecule has 7 nitrogen and oxygen atoms in total. The average Bonchev–Trinajstić information content (AvgIpc) is 2.60. The van der Waals surface area contributed by atoms with Gasteiger partial charge in [-0.05, 0) is 6.42 Å². The van der Waals surface area contributed by atoms with Crippen molar-refractivity contribution in [3.63, 3.8) is 0 Å². The van der Waals surface area contributed by atoms with Crippen LogP contribution >= 0.6 is 10.2 Å². The summed E-state index contributed by atoms with van der Waals surface area (Å²) >= 11 is 0. The fourth-order valence-corrected chi connectivity index (χ4v) is 4.34. The van der Waals surface area contributed by atoms with E-state index in [0.717, 1.165) is 0 Å². The van der Waals surface area contributed by atoms with Crippen LogP contribution in [0.3, 0.4) is 0 Å². The molecule has 1 aliphatic heterocycles. The van der Waals surface area contributed by atoms with Crippen molar-refractivity contribution in [2.45, 2.75) is 18.9 Å². The third kappa shape index (κ3) is 2.64. The number of rotatable bonds is 4. The van der Waals surface area contributed by atoms with Gasteiger partial charge in [0.1, 0.15) is 6.04 Å². The van der Waals surface area contributed by atoms with Crippen LogP contribution in [0, 0.1) is 0 Å². The van der Waals surface area contributed by atoms with Gasteiger partial charge in [-0.25, -0.2) is 4.79 Å². The number of carboxylic acid groups (broad SMARTS) is 3. The highest BCUT2D eigenvalue weighted by Crippen LogP contribution is 2.50. The number of hydrogen-bond acceptors (Lipinski definition) is 4. The first-order valence-electron chi connectivity index (χ1n) is 4.61. The van der Waals surface area contributed by atoms with E-state index in [9.17, 15) is 14.4 Å². The molecule has 0 spiro atoms. The molecule has 1 rings (SSSR count). The molecule has 0 aliphatic carbocycles. The molecule has 1 aliphatic rings. The summed E-state index contributed by atoms with van der Waals surface area (Å²) in [6.45, 7) is 0. The smallest absolute Gasteiger partial charge is 0.359 e. The van der Waals surface area contributed by atoms with E-state index in [4.69, 9.17) is 15.3 Å². The zero-order valence-corrected chi connectivity index (χ0v) is 9.20. The zero-order chi connectivity index (χ0) is 12.3. The number of carbonyl (C=O) groups is 3. The van der Waals surface area contributed by atoms with Gasteiger partial charge in [0.05, 0.1) is 6.42 Å². The van der Waals surface area contributed by atoms with E-state index >= 15 is 0 Å². The fraction of sp³-hybridized carbons (Fsp3) is 0.625. The molecule has 0 aromatic heterocycles. The third-order valence-electron chi connectivity index (χ3n) is 2.42. The summed E-state index contributed by atoms with van der Waals surface area (Å²) in [6, 6.07) is -0.875. The molecular formula is C8H13NO6S. The topological polar surface area (TPSA) is 124 Å². The molecule has 1 fully saturated rings. The van der Waals surface area contributed by atoms with Crippen molar-refractivity contribution in [3.8, 4) is 0 Å². The molecule has 2 unspecified atom stereocenters. The Morgan fingerprint density at radius 2 is 1.88 bits per heavy atom. The summed E-state index contributed by atoms with van der Waals surface area (Å²) < 4.78 is 2.58. The summed E-state index contributed by atoms with van der Waals surface area (Å²) in [5, 5.41) is 25.2. The minimum absolute atomic E-state index is 0.0263. The summed E-state index contributed by atoms with van der Waals surface area (Å²) in [4.78, 5) is 32.2. The maximum atomic E-state index is 11.1. The van der Waals surface area contributed by atoms with Crippen molar-refractivity contribution in [3.05, 3.63) is 0 Å². The molecule has 0 amide bonds. The first-order chi connectivity index (χ1) is 7.37. The molecule has 2 atom stereocenters. The highest BCUT2D eigenvalue weighted by Gasteiger charge is 2.42. The van der Waals surface area contributed by atoms with Gasteiger partial charge in [0.25, 0.3) is 0 Å². The number of aliphatic carboxylic acids is 2. The van der Waals surface area contributed by atoms with Gasteiger partial charge in [-0.2, -0.15) is 0 Å². The highest BCUT2D eigenvalue weighted by molar-refractivity contribution is 8.43. The van der Waals surface area contributed by atoms with E-state index in [1.807, 2.05) is 0 Å². The van der Waals surface area contributed by atoms with Crippen molar-refractivity contribution in [2.75, 3.05) is 11.5 Å². The van der Waals surface area contributed by atoms with Crippen LogP contribution in [0.15, 0.2) is 0 Å². The Morgan fingerprint density at radius 3 is 2.25 bits per heavy atom. The Balaban J connectivity index is 2.72. The van der Waals surface area contributed by atoms with Crippen molar-refractivity contribution >= 4 is 27.5 Å². The molecule has 0 aromatic carbocycles. The lowest BCUT2D eigenvalue weighted by Crippen LogP contribution is -2.35. The van der Waals surface area contributed by atoms with Crippen molar-refractivity contribution in [1.82, 2.24) is 4.72 Å². The fourth-order valence-electron chi connectivity index (χ4n) is 1.53. The third-order valence-corrected chi connectivity index (χ3v) is 5.66. The van der Waals surface area contributed by atoms with E-state index in [0.29, 0.717) is 0 Å². The molecule has 0 saturated carbocycles. The molecule has 0 bridgehead atoms. The molecule has 0 aromatic rings. The number of hydrogen-bond donors (Lipinski definition) is 4. The Labute approximate surface area is 92.9 Å². The van der Waals surface area contributed by atoms with Crippen LogP contribution in [-0.4, -0.2) is 50.1 Å². The number of nitrogens with one attached hydrogen (secondary N) is 1. The SMILES string of the molecule is O=C(O)CCS1(C(=O)O)CCC(C(=O)O)N1. The van der Waals surface area contributed by atoms with Crippen molar-refractivity contribution in [2.24, 2.45) is 0 Å². The maximum Gasteiger partial charge on any atom is 0.359 e. The van der Waals surface area contributed by atoms with Gasteiger partial charge in [0.15, 0.2) is 0 Å². The van der Waals surface area contributed by atoms with E-state index in [1.54, 1.807) is 0 Å². The van der Waals surface area contributed by atoms with Crippen LogP contribution < -0.4 is 4.72 Å². The molecule has 92 valence electrons. The first-order valence-corrected chi connectivity index (χ1v) is 6.58. The largest absolute Gasteiger partial charge is 0.481 e. The quantitative estimate of drug-likeness (QED) is 0.566. The van der Waals surface area contributed by atoms with E-state index in [1.165, 1.54) is 0 Å². The lowest BCUT2D eigenvalue weighted by molar-refractivity contribution is -0.139. The van der Waals surface area contributed by atoms with Crippen molar-refractivity contribution < 1.29 is 29.7 Å². The average molecular weight is 251 g/mol. The van der Waals surface area contributed by atoms with Crippen LogP contribution in [0.1, 0.15) is 12.8 Å². The predicted octanol–water partition coefficient (Wildman–Crippen LogP) is 0.305. The summed E-state index contributed by atoms with van der Waals surface area (Å²) in [5.74, 6) is -1.98. The lowest BCUT2D eigenvalue weighted by Gasteiger charge is -2.30. The minimum Gasteiger partial charge on any atom is -0.481 e. The minimum atomic E-state index is -2.36. The zero-order valence-electron chi connectivity index (χ0n) is 8.38.